The van der Waals surface area contributed by atoms with Crippen LogP contribution in [0.5, 0.6) is 0 Å². The van der Waals surface area contributed by atoms with Crippen LogP contribution in [-0.2, 0) is 9.47 Å². The highest BCUT2D eigenvalue weighted by molar-refractivity contribution is 8.07. The second-order valence-electron chi connectivity index (χ2n) is 5.99. The van der Waals surface area contributed by atoms with Gasteiger partial charge in [-0.25, -0.2) is 0 Å². The highest BCUT2D eigenvalue weighted by Crippen LogP contribution is 2.42. The molecule has 3 heterocycles. The molecule has 0 aliphatic carbocycles. The first kappa shape index (κ1) is 14.5. The summed E-state index contributed by atoms with van der Waals surface area (Å²) >= 11 is 3.97. The predicted molar refractivity (Wildman–Crippen MR) is 81.0 cm³/mol. The van der Waals surface area contributed by atoms with Crippen LogP contribution in [-0.4, -0.2) is 58.6 Å². The lowest BCUT2D eigenvalue weighted by Gasteiger charge is -2.42. The summed E-state index contributed by atoms with van der Waals surface area (Å²) in [5.41, 5.74) is -0.0837. The van der Waals surface area contributed by atoms with E-state index in [0.29, 0.717) is 16.4 Å². The van der Waals surface area contributed by atoms with Crippen LogP contribution < -0.4 is 0 Å². The minimum atomic E-state index is -0.186. The normalized spacial score (nSPS) is 45.5. The molecular weight excluding hydrogens is 280 g/mol. The van der Waals surface area contributed by atoms with Gasteiger partial charge in [0.25, 0.3) is 0 Å². The molecule has 0 aromatic carbocycles. The van der Waals surface area contributed by atoms with E-state index in [1.807, 2.05) is 23.5 Å². The fourth-order valence-electron chi connectivity index (χ4n) is 3.51. The molecular formula is C14H24O3S2. The lowest BCUT2D eigenvalue weighted by atomic mass is 9.81. The van der Waals surface area contributed by atoms with Crippen molar-refractivity contribution in [1.29, 1.82) is 0 Å². The molecule has 5 unspecified atom stereocenters. The summed E-state index contributed by atoms with van der Waals surface area (Å²) in [6, 6.07) is 0. The Labute approximate surface area is 124 Å². The van der Waals surface area contributed by atoms with E-state index in [1.54, 1.807) is 0 Å². The van der Waals surface area contributed by atoms with Crippen LogP contribution in [0.4, 0.5) is 0 Å². The van der Waals surface area contributed by atoms with Crippen molar-refractivity contribution in [3.05, 3.63) is 0 Å². The summed E-state index contributed by atoms with van der Waals surface area (Å²) in [5, 5.41) is 11.7. The molecule has 0 saturated carbocycles. The summed E-state index contributed by atoms with van der Waals surface area (Å²) in [6.45, 7) is 4.58. The van der Waals surface area contributed by atoms with Gasteiger partial charge in [-0.2, -0.15) is 23.5 Å². The van der Waals surface area contributed by atoms with E-state index in [1.165, 1.54) is 11.5 Å². The second-order valence-corrected chi connectivity index (χ2v) is 8.76. The van der Waals surface area contributed by atoms with E-state index >= 15 is 0 Å². The van der Waals surface area contributed by atoms with Gasteiger partial charge in [-0.3, -0.25) is 0 Å². The molecule has 0 radical (unpaired) electrons. The Bertz CT molecular complexity index is 307. The number of rotatable bonds is 2. The van der Waals surface area contributed by atoms with Crippen LogP contribution >= 0.6 is 23.5 Å². The lowest BCUT2D eigenvalue weighted by molar-refractivity contribution is -0.116. The van der Waals surface area contributed by atoms with Crippen molar-refractivity contribution in [2.24, 2.45) is 5.92 Å². The van der Waals surface area contributed by atoms with Gasteiger partial charge in [-0.05, 0) is 18.8 Å². The number of hydrogen-bond acceptors (Lipinski definition) is 5. The number of thioether (sulfide) groups is 2. The van der Waals surface area contributed by atoms with Crippen molar-refractivity contribution in [2.45, 2.75) is 48.4 Å². The van der Waals surface area contributed by atoms with Gasteiger partial charge in [0, 0.05) is 41.6 Å². The van der Waals surface area contributed by atoms with E-state index in [9.17, 15) is 5.11 Å². The smallest absolute Gasteiger partial charge is 0.0940 e. The molecule has 110 valence electrons. The van der Waals surface area contributed by atoms with Gasteiger partial charge in [-0.15, -0.1) is 0 Å². The maximum Gasteiger partial charge on any atom is 0.0940 e. The average molecular weight is 304 g/mol. The molecule has 5 heteroatoms. The molecule has 0 aromatic heterocycles. The fraction of sp³-hybridized carbons (Fsp3) is 1.00. The van der Waals surface area contributed by atoms with Gasteiger partial charge in [0.05, 0.1) is 18.3 Å². The number of hydrogen-bond donors (Lipinski definition) is 1. The van der Waals surface area contributed by atoms with Crippen LogP contribution in [0.3, 0.4) is 0 Å². The Kier molecular flexibility index (Phi) is 4.69. The first-order chi connectivity index (χ1) is 9.20. The molecule has 19 heavy (non-hydrogen) atoms. The lowest BCUT2D eigenvalue weighted by Crippen LogP contribution is -2.48. The Hall–Kier alpha value is 0.580. The molecule has 1 spiro atoms. The van der Waals surface area contributed by atoms with E-state index in [0.717, 1.165) is 39.1 Å². The summed E-state index contributed by atoms with van der Waals surface area (Å²) in [4.78, 5) is 0. The zero-order valence-electron chi connectivity index (χ0n) is 11.5. The Balaban J connectivity index is 1.64. The van der Waals surface area contributed by atoms with Crippen molar-refractivity contribution >= 4 is 23.5 Å². The number of aliphatic hydroxyl groups excluding tert-OH is 1. The van der Waals surface area contributed by atoms with Crippen molar-refractivity contribution in [2.75, 3.05) is 31.3 Å². The maximum absolute atomic E-state index is 10.8. The molecule has 0 aromatic rings. The van der Waals surface area contributed by atoms with Crippen molar-refractivity contribution in [3.63, 3.8) is 0 Å². The third-order valence-corrected chi connectivity index (χ3v) is 7.86. The van der Waals surface area contributed by atoms with Gasteiger partial charge in [0.2, 0.25) is 0 Å². The molecule has 3 rings (SSSR count). The van der Waals surface area contributed by atoms with Crippen molar-refractivity contribution in [3.8, 4) is 0 Å². The van der Waals surface area contributed by atoms with Gasteiger partial charge >= 0.3 is 0 Å². The molecule has 3 fully saturated rings. The summed E-state index contributed by atoms with van der Waals surface area (Å²) < 4.78 is 11.5. The van der Waals surface area contributed by atoms with Gasteiger partial charge in [0.15, 0.2) is 0 Å². The van der Waals surface area contributed by atoms with E-state index in [-0.39, 0.29) is 11.7 Å². The zero-order valence-corrected chi connectivity index (χ0v) is 13.2. The van der Waals surface area contributed by atoms with Gasteiger partial charge < -0.3 is 14.6 Å². The first-order valence-corrected chi connectivity index (χ1v) is 9.43. The molecule has 3 saturated heterocycles. The largest absolute Gasteiger partial charge is 0.392 e. The first-order valence-electron chi connectivity index (χ1n) is 7.33. The Morgan fingerprint density at radius 1 is 1.26 bits per heavy atom. The molecule has 3 aliphatic heterocycles. The van der Waals surface area contributed by atoms with E-state index in [4.69, 9.17) is 9.47 Å². The van der Waals surface area contributed by atoms with E-state index in [2.05, 4.69) is 6.92 Å². The minimum Gasteiger partial charge on any atom is -0.392 e. The van der Waals surface area contributed by atoms with Crippen LogP contribution in [0, 0.1) is 5.92 Å². The highest BCUT2D eigenvalue weighted by atomic mass is 32.2. The molecule has 0 bridgehead atoms. The zero-order chi connectivity index (χ0) is 13.3. The van der Waals surface area contributed by atoms with Crippen LogP contribution in [0.15, 0.2) is 0 Å². The van der Waals surface area contributed by atoms with Gasteiger partial charge in [0.1, 0.15) is 0 Å². The molecule has 5 atom stereocenters. The minimum absolute atomic E-state index is 0.0837. The second kappa shape index (κ2) is 6.14. The van der Waals surface area contributed by atoms with Crippen LogP contribution in [0.2, 0.25) is 0 Å². The van der Waals surface area contributed by atoms with Crippen LogP contribution in [0.1, 0.15) is 26.2 Å². The predicted octanol–water partition coefficient (Wildman–Crippen LogP) is 2.17. The molecule has 3 aliphatic rings. The van der Waals surface area contributed by atoms with Crippen molar-refractivity contribution in [1.82, 2.24) is 0 Å². The quantitative estimate of drug-likeness (QED) is 0.846. The fourth-order valence-corrected chi connectivity index (χ4v) is 6.44. The standard InChI is InChI=1S/C14H24O3S2/c1-10-13(19-7-6-18-10)12(15)11-2-4-17-14(8-11)3-5-16-9-14/h10-13,15H,2-9H2,1H3. The Morgan fingerprint density at radius 2 is 2.11 bits per heavy atom. The monoisotopic (exact) mass is 304 g/mol. The molecule has 0 amide bonds. The van der Waals surface area contributed by atoms with Crippen LogP contribution in [0.25, 0.3) is 0 Å². The summed E-state index contributed by atoms with van der Waals surface area (Å²) in [7, 11) is 0. The highest BCUT2D eigenvalue weighted by Gasteiger charge is 2.45. The Morgan fingerprint density at radius 3 is 2.84 bits per heavy atom. The molecule has 1 N–H and O–H groups in total. The van der Waals surface area contributed by atoms with Gasteiger partial charge in [-0.1, -0.05) is 6.92 Å². The molecule has 3 nitrogen and oxygen atoms in total. The maximum atomic E-state index is 10.8. The van der Waals surface area contributed by atoms with E-state index < -0.39 is 0 Å². The summed E-state index contributed by atoms with van der Waals surface area (Å²) in [5.74, 6) is 2.78. The SMILES string of the molecule is CC1SCCSC1C(O)C1CCOC2(CCOC2)C1. The topological polar surface area (TPSA) is 38.7 Å². The summed E-state index contributed by atoms with van der Waals surface area (Å²) in [6.07, 6.45) is 2.78. The average Bonchev–Trinajstić information content (AvgIpc) is 2.86. The number of aliphatic hydroxyl groups is 1. The van der Waals surface area contributed by atoms with Crippen molar-refractivity contribution < 1.29 is 14.6 Å². The third kappa shape index (κ3) is 3.10. The number of ether oxygens (including phenoxy) is 2. The third-order valence-electron chi connectivity index (χ3n) is 4.65.